The van der Waals surface area contributed by atoms with Crippen LogP contribution >= 0.6 is 22.9 Å². The smallest absolute Gasteiger partial charge is 0.319 e. The van der Waals surface area contributed by atoms with Crippen molar-refractivity contribution in [3.05, 3.63) is 34.4 Å². The Kier molecular flexibility index (Phi) is 7.63. The Hall–Kier alpha value is -3.50. The Morgan fingerprint density at radius 2 is 2.00 bits per heavy atom. The fraction of sp³-hybridized carbons (Fsp3) is 0.469. The van der Waals surface area contributed by atoms with Gasteiger partial charge in [0, 0.05) is 17.0 Å². The molecule has 2 saturated heterocycles. The maximum atomic E-state index is 17.1. The first kappa shape index (κ1) is 30.2. The Morgan fingerprint density at radius 3 is 2.67 bits per heavy atom. The molecule has 2 aromatic carbocycles. The van der Waals surface area contributed by atoms with E-state index in [2.05, 4.69) is 35.7 Å². The van der Waals surface area contributed by atoms with Crippen LogP contribution in [0.4, 0.5) is 19.6 Å². The number of nitrogens with zero attached hydrogens (tertiary/aromatic N) is 5. The molecule has 0 aliphatic carbocycles. The van der Waals surface area contributed by atoms with E-state index in [0.717, 1.165) is 30.7 Å². The number of rotatable bonds is 6. The van der Waals surface area contributed by atoms with Crippen LogP contribution in [0.3, 0.4) is 0 Å². The topological polar surface area (TPSA) is 110 Å². The monoisotopic (exact) mass is 654 g/mol. The summed E-state index contributed by atoms with van der Waals surface area (Å²) >= 11 is 7.96. The molecule has 0 bridgehead atoms. The number of thiophene rings is 1. The Labute approximate surface area is 268 Å². The third-order valence-corrected chi connectivity index (χ3v) is 10.7. The van der Waals surface area contributed by atoms with Crippen molar-refractivity contribution >= 4 is 54.7 Å². The van der Waals surface area contributed by atoms with Gasteiger partial charge in [0.05, 0.1) is 46.0 Å². The minimum atomic E-state index is -0.754. The lowest BCUT2D eigenvalue weighted by Gasteiger charge is -2.46. The number of anilines is 2. The van der Waals surface area contributed by atoms with Crippen molar-refractivity contribution in [2.75, 3.05) is 44.0 Å². The lowest BCUT2D eigenvalue weighted by Crippen LogP contribution is -2.59. The lowest BCUT2D eigenvalue weighted by atomic mass is 9.93. The van der Waals surface area contributed by atoms with Crippen LogP contribution in [0.5, 0.6) is 11.8 Å². The van der Waals surface area contributed by atoms with E-state index < -0.39 is 11.6 Å². The van der Waals surface area contributed by atoms with Crippen molar-refractivity contribution in [1.82, 2.24) is 14.9 Å². The van der Waals surface area contributed by atoms with E-state index in [1.54, 1.807) is 0 Å². The van der Waals surface area contributed by atoms with Gasteiger partial charge in [-0.1, -0.05) is 31.5 Å². The molecular weight excluding hydrogens is 622 g/mol. The molecule has 13 heteroatoms. The van der Waals surface area contributed by atoms with E-state index in [1.807, 2.05) is 13.0 Å². The molecule has 0 saturated carbocycles. The number of nitriles is 1. The minimum absolute atomic E-state index is 0.0194. The van der Waals surface area contributed by atoms with Crippen LogP contribution in [-0.4, -0.2) is 72.5 Å². The predicted molar refractivity (Wildman–Crippen MR) is 171 cm³/mol. The molecule has 2 N–H and O–H groups in total. The molecule has 2 unspecified atom stereocenters. The maximum absolute atomic E-state index is 17.1. The van der Waals surface area contributed by atoms with Crippen LogP contribution in [0.25, 0.3) is 32.1 Å². The molecule has 0 radical (unpaired) electrons. The van der Waals surface area contributed by atoms with Gasteiger partial charge in [-0.25, -0.2) is 8.78 Å². The third-order valence-electron chi connectivity index (χ3n) is 9.30. The highest BCUT2D eigenvalue weighted by molar-refractivity contribution is 7.23. The van der Waals surface area contributed by atoms with Gasteiger partial charge >= 0.3 is 6.01 Å². The normalized spacial score (nSPS) is 22.4. The average Bonchev–Trinajstić information content (AvgIpc) is 3.51. The summed E-state index contributed by atoms with van der Waals surface area (Å²) in [5.74, 6) is -0.397. The van der Waals surface area contributed by atoms with Crippen molar-refractivity contribution in [3.8, 4) is 29.0 Å². The van der Waals surface area contributed by atoms with Crippen LogP contribution in [0.15, 0.2) is 12.1 Å². The van der Waals surface area contributed by atoms with Gasteiger partial charge in [0.25, 0.3) is 0 Å². The number of hydrogen-bond acceptors (Lipinski definition) is 10. The molecule has 4 atom stereocenters. The average molecular weight is 655 g/mol. The van der Waals surface area contributed by atoms with E-state index in [1.165, 1.54) is 12.1 Å². The number of aromatic nitrogens is 2. The van der Waals surface area contributed by atoms with Gasteiger partial charge in [-0.2, -0.15) is 15.2 Å². The second-order valence-corrected chi connectivity index (χ2v) is 13.7. The van der Waals surface area contributed by atoms with E-state index in [4.69, 9.17) is 36.5 Å². The number of fused-ring (bicyclic) bond motifs is 1. The van der Waals surface area contributed by atoms with Gasteiger partial charge in [-0.3, -0.25) is 4.90 Å². The van der Waals surface area contributed by atoms with Gasteiger partial charge in [0.15, 0.2) is 11.6 Å². The molecule has 4 aromatic rings. The molecule has 0 amide bonds. The number of likely N-dealkylation sites (tertiary alicyclic amines) is 1. The van der Waals surface area contributed by atoms with Crippen LogP contribution in [-0.2, 0) is 4.74 Å². The second-order valence-electron chi connectivity index (χ2n) is 12.3. The summed E-state index contributed by atoms with van der Waals surface area (Å²) in [5, 5.41) is 10.5. The number of benzene rings is 2. The number of likely N-dealkylation sites (N-methyl/N-ethyl adjacent to an activating group) is 1. The van der Waals surface area contributed by atoms with E-state index in [0.29, 0.717) is 24.4 Å². The zero-order valence-electron chi connectivity index (χ0n) is 25.4. The molecule has 9 nitrogen and oxygen atoms in total. The van der Waals surface area contributed by atoms with Gasteiger partial charge in [0.1, 0.15) is 40.9 Å². The summed E-state index contributed by atoms with van der Waals surface area (Å²) in [6.45, 7) is 8.32. The zero-order valence-corrected chi connectivity index (χ0v) is 26.9. The van der Waals surface area contributed by atoms with E-state index in [-0.39, 0.29) is 90.9 Å². The van der Waals surface area contributed by atoms with Gasteiger partial charge in [-0.15, -0.1) is 11.3 Å². The first-order valence-corrected chi connectivity index (χ1v) is 16.3. The molecule has 5 heterocycles. The van der Waals surface area contributed by atoms with Crippen LogP contribution in [0.2, 0.25) is 5.02 Å². The molecule has 2 fully saturated rings. The SMILES string of the molecule is CC(C)C1OCC1N1CCOc2c(Cl)c(-c3ccc(F)c4sc(N)c(C#N)c34)c(F)c3nc(O[C@@H](C)[C@@H]4CCCN4C)nc1c23. The summed E-state index contributed by atoms with van der Waals surface area (Å²) in [7, 11) is 2.06. The molecule has 3 aliphatic rings. The van der Waals surface area contributed by atoms with Gasteiger partial charge in [-0.05, 0) is 50.9 Å². The molecule has 7 rings (SSSR count). The fourth-order valence-corrected chi connectivity index (χ4v) is 8.31. The van der Waals surface area contributed by atoms with Crippen molar-refractivity contribution < 1.29 is 23.0 Å². The van der Waals surface area contributed by atoms with Crippen molar-refractivity contribution in [2.24, 2.45) is 5.92 Å². The number of nitrogens with two attached hydrogens (primary N) is 1. The van der Waals surface area contributed by atoms with Crippen LogP contribution in [0, 0.1) is 28.9 Å². The first-order valence-electron chi connectivity index (χ1n) is 15.1. The third kappa shape index (κ3) is 4.74. The molecule has 3 aliphatic heterocycles. The highest BCUT2D eigenvalue weighted by atomic mass is 35.5. The minimum Gasteiger partial charge on any atom is -0.489 e. The summed E-state index contributed by atoms with van der Waals surface area (Å²) in [5.41, 5.74) is 6.28. The zero-order chi connectivity index (χ0) is 31.7. The second kappa shape index (κ2) is 11.4. The number of nitrogen functional groups attached to an aromatic ring is 1. The Bertz CT molecular complexity index is 1880. The Morgan fingerprint density at radius 1 is 1.20 bits per heavy atom. The molecule has 0 spiro atoms. The summed E-state index contributed by atoms with van der Waals surface area (Å²) in [6, 6.07) is 4.86. The molecule has 236 valence electrons. The van der Waals surface area contributed by atoms with Gasteiger partial charge in [0.2, 0.25) is 0 Å². The summed E-state index contributed by atoms with van der Waals surface area (Å²) in [6.07, 6.45) is 1.72. The van der Waals surface area contributed by atoms with Gasteiger partial charge < -0.3 is 24.8 Å². The highest BCUT2D eigenvalue weighted by Gasteiger charge is 2.42. The Balaban J connectivity index is 1.48. The standard InChI is InChI=1S/C32H33ClF2N6O3S/c1-14(2)27-20(13-43-27)41-10-11-42-28-23-26(38-32(39-31(23)41)44-15(3)19-6-5-9-40(19)4)25(35)22(24(28)33)16-7-8-18(34)29-21(16)17(12-36)30(37)45-29/h7-8,14-15,19-20,27H,5-6,9-11,13,37H2,1-4H3/t15-,19-,20?,27?/m0/s1. The van der Waals surface area contributed by atoms with Crippen molar-refractivity contribution in [2.45, 2.75) is 57.9 Å². The quantitative estimate of drug-likeness (QED) is 0.253. The van der Waals surface area contributed by atoms with Crippen LogP contribution < -0.4 is 20.1 Å². The molecule has 2 aromatic heterocycles. The van der Waals surface area contributed by atoms with Crippen LogP contribution in [0.1, 0.15) is 39.2 Å². The number of halogens is 3. The molecule has 45 heavy (non-hydrogen) atoms. The fourth-order valence-electron chi connectivity index (χ4n) is 7.02. The number of ether oxygens (including phenoxy) is 3. The lowest BCUT2D eigenvalue weighted by molar-refractivity contribution is -0.0999. The predicted octanol–water partition coefficient (Wildman–Crippen LogP) is 6.38. The highest BCUT2D eigenvalue weighted by Crippen LogP contribution is 2.51. The summed E-state index contributed by atoms with van der Waals surface area (Å²) in [4.78, 5) is 13.9. The number of hydrogen-bond donors (Lipinski definition) is 1. The van der Waals surface area contributed by atoms with Crippen molar-refractivity contribution in [1.29, 1.82) is 5.26 Å². The van der Waals surface area contributed by atoms with E-state index in [9.17, 15) is 9.65 Å². The largest absolute Gasteiger partial charge is 0.489 e. The first-order chi connectivity index (χ1) is 21.6. The van der Waals surface area contributed by atoms with Crippen molar-refractivity contribution in [3.63, 3.8) is 0 Å². The maximum Gasteiger partial charge on any atom is 0.319 e. The summed E-state index contributed by atoms with van der Waals surface area (Å²) < 4.78 is 50.7. The van der Waals surface area contributed by atoms with E-state index >= 15 is 4.39 Å². The molecular formula is C32H33ClF2N6O3S.